The average molecular weight is 395 g/mol. The van der Waals surface area contributed by atoms with Gasteiger partial charge >= 0.3 is 0 Å². The predicted molar refractivity (Wildman–Crippen MR) is 110 cm³/mol. The molecular weight excluding hydrogens is 374 g/mol. The minimum absolute atomic E-state index is 0.0500. The van der Waals surface area contributed by atoms with Crippen LogP contribution in [0, 0.1) is 0 Å². The van der Waals surface area contributed by atoms with Gasteiger partial charge in [0.15, 0.2) is 0 Å². The highest BCUT2D eigenvalue weighted by molar-refractivity contribution is 7.99. The lowest BCUT2D eigenvalue weighted by Gasteiger charge is -2.20. The second-order valence-corrected chi connectivity index (χ2v) is 6.83. The van der Waals surface area contributed by atoms with Gasteiger partial charge < -0.3 is 14.1 Å². The number of hydrogen-bond acceptors (Lipinski definition) is 6. The van der Waals surface area contributed by atoms with Crippen molar-refractivity contribution in [3.05, 3.63) is 78.7 Å². The van der Waals surface area contributed by atoms with Crippen molar-refractivity contribution in [1.29, 1.82) is 0 Å². The summed E-state index contributed by atoms with van der Waals surface area (Å²) in [4.78, 5) is 14.3. The maximum atomic E-state index is 12.6. The summed E-state index contributed by atoms with van der Waals surface area (Å²) in [5.41, 5.74) is 1.87. The van der Waals surface area contributed by atoms with E-state index in [1.54, 1.807) is 18.1 Å². The Morgan fingerprint density at radius 2 is 1.93 bits per heavy atom. The summed E-state index contributed by atoms with van der Waals surface area (Å²) in [6.07, 6.45) is 2.23. The molecule has 0 saturated heterocycles. The summed E-state index contributed by atoms with van der Waals surface area (Å²) < 4.78 is 10.8. The van der Waals surface area contributed by atoms with E-state index in [1.165, 1.54) is 11.8 Å². The standard InChI is InChI=1S/C21H21N3O3S/c1-3-13-24(17-7-5-4-6-8-17)20(25)15-28-21-23-22-19(27-21)14-16-9-11-18(26-2)12-10-16/h3-12H,1,13-15H2,2H3. The van der Waals surface area contributed by atoms with E-state index < -0.39 is 0 Å². The summed E-state index contributed by atoms with van der Waals surface area (Å²) >= 11 is 1.23. The molecule has 144 valence electrons. The molecule has 28 heavy (non-hydrogen) atoms. The van der Waals surface area contributed by atoms with Crippen LogP contribution in [0.3, 0.4) is 0 Å². The Morgan fingerprint density at radius 1 is 1.18 bits per heavy atom. The lowest BCUT2D eigenvalue weighted by Crippen LogP contribution is -2.32. The van der Waals surface area contributed by atoms with Gasteiger partial charge in [-0.3, -0.25) is 4.79 Å². The first-order chi connectivity index (χ1) is 13.7. The highest BCUT2D eigenvalue weighted by Gasteiger charge is 2.16. The summed E-state index contributed by atoms with van der Waals surface area (Å²) in [5.74, 6) is 1.45. The van der Waals surface area contributed by atoms with Crippen LogP contribution >= 0.6 is 11.8 Å². The van der Waals surface area contributed by atoms with Gasteiger partial charge in [0.1, 0.15) is 5.75 Å². The number of anilines is 1. The molecule has 1 aromatic heterocycles. The molecule has 0 fully saturated rings. The number of amides is 1. The SMILES string of the molecule is C=CCN(C(=O)CSc1nnc(Cc2ccc(OC)cc2)o1)c1ccccc1. The third-order valence-corrected chi connectivity index (χ3v) is 4.77. The molecule has 2 aromatic carbocycles. The molecular formula is C21H21N3O3S. The third-order valence-electron chi connectivity index (χ3n) is 3.96. The lowest BCUT2D eigenvalue weighted by molar-refractivity contribution is -0.116. The number of carbonyl (C=O) groups excluding carboxylic acids is 1. The summed E-state index contributed by atoms with van der Waals surface area (Å²) in [6, 6.07) is 17.2. The molecule has 1 heterocycles. The fourth-order valence-electron chi connectivity index (χ4n) is 2.58. The second-order valence-electron chi connectivity index (χ2n) is 5.90. The Hall–Kier alpha value is -3.06. The predicted octanol–water partition coefficient (Wildman–Crippen LogP) is 3.98. The van der Waals surface area contributed by atoms with Crippen LogP contribution in [0.1, 0.15) is 11.5 Å². The normalized spacial score (nSPS) is 10.5. The van der Waals surface area contributed by atoms with E-state index in [-0.39, 0.29) is 11.7 Å². The van der Waals surface area contributed by atoms with Crippen molar-refractivity contribution in [2.45, 2.75) is 11.6 Å². The zero-order valence-electron chi connectivity index (χ0n) is 15.6. The van der Waals surface area contributed by atoms with Gasteiger partial charge in [-0.1, -0.05) is 48.2 Å². The molecule has 7 heteroatoms. The van der Waals surface area contributed by atoms with E-state index in [1.807, 2.05) is 54.6 Å². The van der Waals surface area contributed by atoms with Gasteiger partial charge in [0.2, 0.25) is 11.8 Å². The fraction of sp³-hybridized carbons (Fsp3) is 0.190. The van der Waals surface area contributed by atoms with Crippen molar-refractivity contribution >= 4 is 23.4 Å². The first kappa shape index (κ1) is 19.7. The highest BCUT2D eigenvalue weighted by atomic mass is 32.2. The maximum Gasteiger partial charge on any atom is 0.277 e. The molecule has 0 bridgehead atoms. The molecule has 0 aliphatic heterocycles. The van der Waals surface area contributed by atoms with Crippen molar-refractivity contribution in [2.24, 2.45) is 0 Å². The minimum atomic E-state index is -0.0500. The number of nitrogens with zero attached hydrogens (tertiary/aromatic N) is 3. The van der Waals surface area contributed by atoms with E-state index in [9.17, 15) is 4.79 Å². The van der Waals surface area contributed by atoms with Crippen LogP contribution in [0.2, 0.25) is 0 Å². The summed E-state index contributed by atoms with van der Waals surface area (Å²) in [5, 5.41) is 8.47. The number of ether oxygens (including phenoxy) is 1. The second kappa shape index (κ2) is 9.75. The Labute approximate surface area is 168 Å². The van der Waals surface area contributed by atoms with Gasteiger partial charge in [-0.25, -0.2) is 0 Å². The van der Waals surface area contributed by atoms with Gasteiger partial charge in [0.25, 0.3) is 5.22 Å². The third kappa shape index (κ3) is 5.23. The molecule has 3 aromatic rings. The van der Waals surface area contributed by atoms with E-state index >= 15 is 0 Å². The fourth-order valence-corrected chi connectivity index (χ4v) is 3.23. The van der Waals surface area contributed by atoms with Crippen molar-refractivity contribution < 1.29 is 13.9 Å². The maximum absolute atomic E-state index is 12.6. The van der Waals surface area contributed by atoms with Gasteiger partial charge in [-0.2, -0.15) is 0 Å². The number of thioether (sulfide) groups is 1. The first-order valence-electron chi connectivity index (χ1n) is 8.74. The Balaban J connectivity index is 1.58. The van der Waals surface area contributed by atoms with Gasteiger partial charge in [-0.05, 0) is 29.8 Å². The molecule has 1 amide bonds. The smallest absolute Gasteiger partial charge is 0.277 e. The average Bonchev–Trinajstić information content (AvgIpc) is 3.19. The van der Waals surface area contributed by atoms with Crippen molar-refractivity contribution in [2.75, 3.05) is 24.3 Å². The van der Waals surface area contributed by atoms with Crippen LogP contribution in [-0.4, -0.2) is 35.5 Å². The number of methoxy groups -OCH3 is 1. The Bertz CT molecular complexity index is 910. The molecule has 0 spiro atoms. The molecule has 0 aliphatic carbocycles. The van der Waals surface area contributed by atoms with Gasteiger partial charge in [0, 0.05) is 12.2 Å². The molecule has 0 atom stereocenters. The summed E-state index contributed by atoms with van der Waals surface area (Å²) in [7, 11) is 1.63. The molecule has 0 unspecified atom stereocenters. The lowest BCUT2D eigenvalue weighted by atomic mass is 10.1. The van der Waals surface area contributed by atoms with Crippen LogP contribution in [0.15, 0.2) is 76.9 Å². The van der Waals surface area contributed by atoms with E-state index in [4.69, 9.17) is 9.15 Å². The zero-order valence-corrected chi connectivity index (χ0v) is 16.4. The number of carbonyl (C=O) groups is 1. The number of para-hydroxylation sites is 1. The van der Waals surface area contributed by atoms with Crippen LogP contribution in [0.25, 0.3) is 0 Å². The van der Waals surface area contributed by atoms with Crippen LogP contribution in [-0.2, 0) is 11.2 Å². The molecule has 0 saturated carbocycles. The largest absolute Gasteiger partial charge is 0.497 e. The monoisotopic (exact) mass is 395 g/mol. The molecule has 0 radical (unpaired) electrons. The molecule has 3 rings (SSSR count). The van der Waals surface area contributed by atoms with Crippen LogP contribution < -0.4 is 9.64 Å². The number of rotatable bonds is 9. The van der Waals surface area contributed by atoms with Crippen molar-refractivity contribution in [3.8, 4) is 5.75 Å². The minimum Gasteiger partial charge on any atom is -0.497 e. The molecule has 0 N–H and O–H groups in total. The molecule has 0 aliphatic rings. The topological polar surface area (TPSA) is 68.5 Å². The highest BCUT2D eigenvalue weighted by Crippen LogP contribution is 2.21. The number of hydrogen-bond donors (Lipinski definition) is 0. The van der Waals surface area contributed by atoms with Gasteiger partial charge in [-0.15, -0.1) is 16.8 Å². The van der Waals surface area contributed by atoms with Crippen molar-refractivity contribution in [1.82, 2.24) is 10.2 Å². The van der Waals surface area contributed by atoms with E-state index in [0.717, 1.165) is 17.0 Å². The zero-order chi connectivity index (χ0) is 19.8. The Kier molecular flexibility index (Phi) is 6.86. The number of benzene rings is 2. The quantitative estimate of drug-likeness (QED) is 0.403. The van der Waals surface area contributed by atoms with Crippen molar-refractivity contribution in [3.63, 3.8) is 0 Å². The van der Waals surface area contributed by atoms with Gasteiger partial charge in [0.05, 0.1) is 19.3 Å². The van der Waals surface area contributed by atoms with E-state index in [0.29, 0.717) is 24.1 Å². The summed E-state index contributed by atoms with van der Waals surface area (Å²) in [6.45, 7) is 4.17. The molecule has 6 nitrogen and oxygen atoms in total. The first-order valence-corrected chi connectivity index (χ1v) is 9.72. The Morgan fingerprint density at radius 3 is 2.61 bits per heavy atom. The van der Waals surface area contributed by atoms with Crippen LogP contribution in [0.5, 0.6) is 5.75 Å². The van der Waals surface area contributed by atoms with Crippen LogP contribution in [0.4, 0.5) is 5.69 Å². The number of aromatic nitrogens is 2. The van der Waals surface area contributed by atoms with E-state index in [2.05, 4.69) is 16.8 Å².